The highest BCUT2D eigenvalue weighted by atomic mass is 13.9. The smallest absolute Gasteiger partial charge is 0.0169 e. The molecule has 0 saturated carbocycles. The summed E-state index contributed by atoms with van der Waals surface area (Å²) < 4.78 is 0. The molecule has 0 aromatic carbocycles. The molecule has 0 nitrogen and oxygen atoms in total. The quantitative estimate of drug-likeness (QED) is 0.489. The Bertz CT molecular complexity index is 204. The largest absolute Gasteiger partial charge is 0.0882 e. The van der Waals surface area contributed by atoms with E-state index in [4.69, 9.17) is 0 Å². The Balaban J connectivity index is 2.34. The molecule has 0 aromatic rings. The molecule has 0 fully saturated rings. The van der Waals surface area contributed by atoms with Crippen molar-refractivity contribution in [2.45, 2.75) is 38.5 Å². The lowest BCUT2D eigenvalue weighted by molar-refractivity contribution is 0.864. The third-order valence-corrected chi connectivity index (χ3v) is 2.22. The van der Waals surface area contributed by atoms with Gasteiger partial charge in [-0.05, 0) is 38.5 Å². The molecule has 0 unspecified atom stereocenters. The zero-order valence-electron chi connectivity index (χ0n) is 8.86. The number of hydrogen-bond donors (Lipinski definition) is 0. The predicted molar refractivity (Wildman–Crippen MR) is 64.3 cm³/mol. The van der Waals surface area contributed by atoms with Crippen molar-refractivity contribution in [3.8, 4) is 0 Å². The Morgan fingerprint density at radius 3 is 1.21 bits per heavy atom. The lowest BCUT2D eigenvalue weighted by Gasteiger charge is -1.91. The molecule has 14 heavy (non-hydrogen) atoms. The van der Waals surface area contributed by atoms with Gasteiger partial charge >= 0.3 is 0 Å². The topological polar surface area (TPSA) is 0 Å². The van der Waals surface area contributed by atoms with Gasteiger partial charge in [0, 0.05) is 0 Å². The van der Waals surface area contributed by atoms with E-state index >= 15 is 0 Å². The van der Waals surface area contributed by atoms with Crippen LogP contribution in [0.1, 0.15) is 38.5 Å². The van der Waals surface area contributed by atoms with Gasteiger partial charge in [0.05, 0.1) is 0 Å². The maximum atomic E-state index is 2.29. The summed E-state index contributed by atoms with van der Waals surface area (Å²) in [6.45, 7) is 0. The van der Waals surface area contributed by atoms with Gasteiger partial charge in [-0.25, -0.2) is 0 Å². The fourth-order valence-corrected chi connectivity index (χ4v) is 1.40. The highest BCUT2D eigenvalue weighted by Crippen LogP contribution is 2.01. The van der Waals surface area contributed by atoms with E-state index in [-0.39, 0.29) is 0 Å². The summed E-state index contributed by atoms with van der Waals surface area (Å²) in [6.07, 6.45) is 25.0. The number of allylic oxidation sites excluding steroid dienone is 8. The molecule has 0 spiro atoms. The van der Waals surface area contributed by atoms with Crippen LogP contribution in [0.2, 0.25) is 0 Å². The molecule has 1 rings (SSSR count). The van der Waals surface area contributed by atoms with Crippen molar-refractivity contribution in [1.82, 2.24) is 0 Å². The molecule has 0 bridgehead atoms. The predicted octanol–water partition coefficient (Wildman–Crippen LogP) is 4.57. The van der Waals surface area contributed by atoms with Gasteiger partial charge < -0.3 is 0 Å². The maximum absolute atomic E-state index is 2.29. The summed E-state index contributed by atoms with van der Waals surface area (Å²) in [4.78, 5) is 0. The zero-order valence-corrected chi connectivity index (χ0v) is 8.86. The molecule has 0 heteroatoms. The van der Waals surface area contributed by atoms with E-state index in [2.05, 4.69) is 48.6 Å². The van der Waals surface area contributed by atoms with E-state index in [0.717, 1.165) is 19.3 Å². The second-order valence-corrected chi connectivity index (χ2v) is 3.52. The van der Waals surface area contributed by atoms with Crippen LogP contribution in [0.3, 0.4) is 0 Å². The molecule has 0 amide bonds. The molecule has 1 aliphatic rings. The summed E-state index contributed by atoms with van der Waals surface area (Å²) in [7, 11) is 0. The van der Waals surface area contributed by atoms with Crippen LogP contribution in [0.5, 0.6) is 0 Å². The highest BCUT2D eigenvalue weighted by molar-refractivity contribution is 5.00. The van der Waals surface area contributed by atoms with Gasteiger partial charge in [0.2, 0.25) is 0 Å². The minimum absolute atomic E-state index is 1.07. The summed E-state index contributed by atoms with van der Waals surface area (Å²) >= 11 is 0. The highest BCUT2D eigenvalue weighted by Gasteiger charge is 1.81. The van der Waals surface area contributed by atoms with Crippen LogP contribution in [0, 0.1) is 0 Å². The normalized spacial score (nSPS) is 26.3. The van der Waals surface area contributed by atoms with Crippen LogP contribution in [0.15, 0.2) is 48.6 Å². The van der Waals surface area contributed by atoms with E-state index in [9.17, 15) is 0 Å². The first-order chi connectivity index (χ1) is 7.00. The molecule has 0 atom stereocenters. The Hall–Kier alpha value is -1.04. The van der Waals surface area contributed by atoms with Crippen LogP contribution in [-0.4, -0.2) is 0 Å². The lowest BCUT2D eigenvalue weighted by Crippen LogP contribution is -1.71. The summed E-state index contributed by atoms with van der Waals surface area (Å²) in [5.41, 5.74) is 0. The average molecular weight is 188 g/mol. The third-order valence-electron chi connectivity index (χ3n) is 2.22. The third kappa shape index (κ3) is 6.47. The molecular formula is C14H20. The molecule has 1 aliphatic carbocycles. The summed E-state index contributed by atoms with van der Waals surface area (Å²) in [5, 5.41) is 0. The Morgan fingerprint density at radius 2 is 0.786 bits per heavy atom. The standard InChI is InChI=1S/C14H20/c1-2-4-6-8-10-12-14-13-11-9-7-5-3-1/h1-2,5-8,11,13H,3-4,9-10,12,14H2/b2-1+,7-5+,8-6+,13-11?. The van der Waals surface area contributed by atoms with Crippen LogP contribution in [0.25, 0.3) is 0 Å². The lowest BCUT2D eigenvalue weighted by atomic mass is 10.2. The Morgan fingerprint density at radius 1 is 0.429 bits per heavy atom. The van der Waals surface area contributed by atoms with Crippen LogP contribution in [0.4, 0.5) is 0 Å². The molecule has 0 N–H and O–H groups in total. The van der Waals surface area contributed by atoms with Crippen LogP contribution < -0.4 is 0 Å². The zero-order chi connectivity index (χ0) is 9.90. The van der Waals surface area contributed by atoms with Crippen LogP contribution in [-0.2, 0) is 0 Å². The van der Waals surface area contributed by atoms with Crippen molar-refractivity contribution < 1.29 is 0 Å². The van der Waals surface area contributed by atoms with Crippen molar-refractivity contribution in [3.05, 3.63) is 48.6 Å². The van der Waals surface area contributed by atoms with E-state index in [1.54, 1.807) is 0 Å². The van der Waals surface area contributed by atoms with E-state index in [1.165, 1.54) is 19.3 Å². The van der Waals surface area contributed by atoms with Gasteiger partial charge in [-0.2, -0.15) is 0 Å². The first kappa shape index (κ1) is 11.0. The molecule has 0 radical (unpaired) electrons. The average Bonchev–Trinajstić information content (AvgIpc) is 2.22. The van der Waals surface area contributed by atoms with Crippen molar-refractivity contribution in [1.29, 1.82) is 0 Å². The molecule has 0 aromatic heterocycles. The van der Waals surface area contributed by atoms with Gasteiger partial charge in [0.15, 0.2) is 0 Å². The second kappa shape index (κ2) is 8.55. The first-order valence-electron chi connectivity index (χ1n) is 5.60. The van der Waals surface area contributed by atoms with Crippen molar-refractivity contribution in [2.24, 2.45) is 0 Å². The van der Waals surface area contributed by atoms with E-state index in [0.29, 0.717) is 0 Å². The molecule has 0 saturated heterocycles. The van der Waals surface area contributed by atoms with Gasteiger partial charge in [-0.15, -0.1) is 0 Å². The minimum atomic E-state index is 1.07. The second-order valence-electron chi connectivity index (χ2n) is 3.52. The van der Waals surface area contributed by atoms with E-state index in [1.807, 2.05) is 0 Å². The van der Waals surface area contributed by atoms with Gasteiger partial charge in [-0.1, -0.05) is 48.6 Å². The Labute approximate surface area is 87.7 Å². The van der Waals surface area contributed by atoms with Crippen molar-refractivity contribution in [3.63, 3.8) is 0 Å². The van der Waals surface area contributed by atoms with Gasteiger partial charge in [-0.3, -0.25) is 0 Å². The minimum Gasteiger partial charge on any atom is -0.0882 e. The fourth-order valence-electron chi connectivity index (χ4n) is 1.40. The van der Waals surface area contributed by atoms with Crippen LogP contribution >= 0.6 is 0 Å². The summed E-state index contributed by atoms with van der Waals surface area (Å²) in [6, 6.07) is 0. The van der Waals surface area contributed by atoms with E-state index < -0.39 is 0 Å². The monoisotopic (exact) mass is 188 g/mol. The molecule has 76 valence electrons. The Kier molecular flexibility index (Phi) is 6.74. The number of hydrogen-bond acceptors (Lipinski definition) is 0. The molecule has 0 heterocycles. The van der Waals surface area contributed by atoms with Gasteiger partial charge in [0.1, 0.15) is 0 Å². The molecular weight excluding hydrogens is 168 g/mol. The van der Waals surface area contributed by atoms with Crippen molar-refractivity contribution >= 4 is 0 Å². The van der Waals surface area contributed by atoms with Gasteiger partial charge in [0.25, 0.3) is 0 Å². The first-order valence-corrected chi connectivity index (χ1v) is 5.60. The fraction of sp³-hybridized carbons (Fsp3) is 0.429. The summed E-state index contributed by atoms with van der Waals surface area (Å²) in [5.74, 6) is 0. The van der Waals surface area contributed by atoms with Crippen molar-refractivity contribution in [2.75, 3.05) is 0 Å². The maximum Gasteiger partial charge on any atom is -0.0169 e. The molecule has 0 aliphatic heterocycles. The SMILES string of the molecule is C1=CCCC/C=C/C/C=C/C/C=C/C1. The number of rotatable bonds is 0.